The SMILES string of the molecule is CCCOc1ccc(C2=C(Nc3ccccc3OC)C(=O)N(CCc3ccccc3)C2=O)cc1. The lowest BCUT2D eigenvalue weighted by atomic mass is 10.0. The van der Waals surface area contributed by atoms with Crippen LogP contribution in [0, 0.1) is 0 Å². The van der Waals surface area contributed by atoms with Gasteiger partial charge in [0.05, 0.1) is 25.0 Å². The molecule has 4 rings (SSSR count). The van der Waals surface area contributed by atoms with E-state index in [1.54, 1.807) is 13.2 Å². The van der Waals surface area contributed by atoms with E-state index < -0.39 is 0 Å². The maximum absolute atomic E-state index is 13.5. The van der Waals surface area contributed by atoms with Gasteiger partial charge in [0.25, 0.3) is 11.8 Å². The van der Waals surface area contributed by atoms with Crippen molar-refractivity contribution >= 4 is 23.1 Å². The van der Waals surface area contributed by atoms with Gasteiger partial charge in [-0.3, -0.25) is 14.5 Å². The number of carbonyl (C=O) groups excluding carboxylic acids is 2. The number of amides is 2. The second kappa shape index (κ2) is 10.7. The fourth-order valence-electron chi connectivity index (χ4n) is 3.87. The highest BCUT2D eigenvalue weighted by atomic mass is 16.5. The average Bonchev–Trinajstić information content (AvgIpc) is 3.11. The quantitative estimate of drug-likeness (QED) is 0.439. The van der Waals surface area contributed by atoms with Gasteiger partial charge in [-0.05, 0) is 48.2 Å². The maximum atomic E-state index is 13.5. The summed E-state index contributed by atoms with van der Waals surface area (Å²) in [5.74, 6) is 0.637. The van der Waals surface area contributed by atoms with Crippen LogP contribution in [0.2, 0.25) is 0 Å². The number of para-hydroxylation sites is 2. The van der Waals surface area contributed by atoms with Crippen molar-refractivity contribution in [2.24, 2.45) is 0 Å². The summed E-state index contributed by atoms with van der Waals surface area (Å²) in [5.41, 5.74) is 2.91. The Labute approximate surface area is 199 Å². The Balaban J connectivity index is 1.67. The van der Waals surface area contributed by atoms with Gasteiger partial charge in [-0.2, -0.15) is 0 Å². The van der Waals surface area contributed by atoms with E-state index in [1.165, 1.54) is 4.90 Å². The highest BCUT2D eigenvalue weighted by Gasteiger charge is 2.39. The monoisotopic (exact) mass is 456 g/mol. The van der Waals surface area contributed by atoms with Crippen molar-refractivity contribution in [1.29, 1.82) is 0 Å². The molecule has 0 spiro atoms. The summed E-state index contributed by atoms with van der Waals surface area (Å²) >= 11 is 0. The van der Waals surface area contributed by atoms with Crippen molar-refractivity contribution in [3.63, 3.8) is 0 Å². The Morgan fingerprint density at radius 1 is 0.853 bits per heavy atom. The Hall–Kier alpha value is -4.06. The van der Waals surface area contributed by atoms with Gasteiger partial charge in [-0.15, -0.1) is 0 Å². The molecule has 0 unspecified atom stereocenters. The smallest absolute Gasteiger partial charge is 0.278 e. The van der Waals surface area contributed by atoms with Crippen LogP contribution in [-0.4, -0.2) is 37.0 Å². The lowest BCUT2D eigenvalue weighted by molar-refractivity contribution is -0.136. The molecule has 2 amide bonds. The molecule has 6 heteroatoms. The van der Waals surface area contributed by atoms with Crippen molar-refractivity contribution in [2.45, 2.75) is 19.8 Å². The second-order valence-electron chi connectivity index (χ2n) is 7.95. The third kappa shape index (κ3) is 4.96. The van der Waals surface area contributed by atoms with E-state index in [1.807, 2.05) is 79.7 Å². The van der Waals surface area contributed by atoms with Crippen LogP contribution < -0.4 is 14.8 Å². The lowest BCUT2D eigenvalue weighted by Gasteiger charge is -2.16. The predicted molar refractivity (Wildman–Crippen MR) is 133 cm³/mol. The summed E-state index contributed by atoms with van der Waals surface area (Å²) in [6.07, 6.45) is 1.49. The van der Waals surface area contributed by atoms with Crippen molar-refractivity contribution in [3.05, 3.63) is 95.7 Å². The molecule has 1 heterocycles. The molecule has 0 aliphatic carbocycles. The maximum Gasteiger partial charge on any atom is 0.278 e. The van der Waals surface area contributed by atoms with Crippen LogP contribution in [0.15, 0.2) is 84.6 Å². The Morgan fingerprint density at radius 3 is 2.26 bits per heavy atom. The van der Waals surface area contributed by atoms with Crippen LogP contribution in [0.4, 0.5) is 5.69 Å². The van der Waals surface area contributed by atoms with Gasteiger partial charge < -0.3 is 14.8 Å². The second-order valence-corrected chi connectivity index (χ2v) is 7.95. The number of nitrogens with zero attached hydrogens (tertiary/aromatic N) is 1. The van der Waals surface area contributed by atoms with E-state index >= 15 is 0 Å². The van der Waals surface area contributed by atoms with Crippen LogP contribution in [-0.2, 0) is 16.0 Å². The summed E-state index contributed by atoms with van der Waals surface area (Å²) in [6, 6.07) is 24.4. The fourth-order valence-corrected chi connectivity index (χ4v) is 3.87. The zero-order valence-electron chi connectivity index (χ0n) is 19.4. The Kier molecular flexibility index (Phi) is 7.28. The molecular formula is C28H28N2O4. The van der Waals surface area contributed by atoms with Crippen molar-refractivity contribution < 1.29 is 19.1 Å². The summed E-state index contributed by atoms with van der Waals surface area (Å²) in [7, 11) is 1.57. The van der Waals surface area contributed by atoms with E-state index in [9.17, 15) is 9.59 Å². The minimum atomic E-state index is -0.354. The summed E-state index contributed by atoms with van der Waals surface area (Å²) in [6.45, 7) is 2.95. The molecule has 1 aliphatic rings. The third-order valence-electron chi connectivity index (χ3n) is 5.62. The van der Waals surface area contributed by atoms with Crippen LogP contribution >= 0.6 is 0 Å². The minimum Gasteiger partial charge on any atom is -0.495 e. The molecule has 1 N–H and O–H groups in total. The van der Waals surface area contributed by atoms with Crippen molar-refractivity contribution in [3.8, 4) is 11.5 Å². The molecule has 0 aromatic heterocycles. The van der Waals surface area contributed by atoms with Gasteiger partial charge in [-0.25, -0.2) is 0 Å². The number of methoxy groups -OCH3 is 1. The largest absolute Gasteiger partial charge is 0.495 e. The first-order valence-electron chi connectivity index (χ1n) is 11.4. The first-order chi connectivity index (χ1) is 16.6. The van der Waals surface area contributed by atoms with Gasteiger partial charge in [-0.1, -0.05) is 61.5 Å². The molecule has 0 fully saturated rings. The molecular weight excluding hydrogens is 428 g/mol. The molecule has 0 radical (unpaired) electrons. The Morgan fingerprint density at radius 2 is 1.56 bits per heavy atom. The number of nitrogens with one attached hydrogen (secondary N) is 1. The number of anilines is 1. The zero-order chi connectivity index (χ0) is 23.9. The van der Waals surface area contributed by atoms with Gasteiger partial charge in [0.1, 0.15) is 17.2 Å². The number of carbonyl (C=O) groups is 2. The van der Waals surface area contributed by atoms with Crippen LogP contribution in [0.1, 0.15) is 24.5 Å². The standard InChI is InChI=1S/C28H28N2O4/c1-3-19-34-22-15-13-21(14-16-22)25-26(29-23-11-7-8-12-24(23)33-2)28(32)30(27(25)31)18-17-20-9-5-4-6-10-20/h4-16,29H,3,17-19H2,1-2H3. The first kappa shape index (κ1) is 23.1. The summed E-state index contributed by atoms with van der Waals surface area (Å²) in [4.78, 5) is 28.3. The topological polar surface area (TPSA) is 67.9 Å². The van der Waals surface area contributed by atoms with Crippen molar-refractivity contribution in [2.75, 3.05) is 25.6 Å². The van der Waals surface area contributed by atoms with Gasteiger partial charge in [0.15, 0.2) is 0 Å². The third-order valence-corrected chi connectivity index (χ3v) is 5.62. The highest BCUT2D eigenvalue weighted by Crippen LogP contribution is 2.34. The van der Waals surface area contributed by atoms with Crippen LogP contribution in [0.5, 0.6) is 11.5 Å². The molecule has 0 saturated heterocycles. The summed E-state index contributed by atoms with van der Waals surface area (Å²) in [5, 5.41) is 3.18. The molecule has 0 bridgehead atoms. The molecule has 3 aromatic carbocycles. The summed E-state index contributed by atoms with van der Waals surface area (Å²) < 4.78 is 11.1. The van der Waals surface area contributed by atoms with Gasteiger partial charge >= 0.3 is 0 Å². The number of rotatable bonds is 10. The molecule has 0 atom stereocenters. The van der Waals surface area contributed by atoms with Crippen LogP contribution in [0.3, 0.4) is 0 Å². The normalized spacial score (nSPS) is 13.4. The van der Waals surface area contributed by atoms with Gasteiger partial charge in [0.2, 0.25) is 0 Å². The molecule has 34 heavy (non-hydrogen) atoms. The highest BCUT2D eigenvalue weighted by molar-refractivity contribution is 6.36. The first-order valence-corrected chi connectivity index (χ1v) is 11.4. The number of ether oxygens (including phenoxy) is 2. The predicted octanol–water partition coefficient (Wildman–Crippen LogP) is 4.92. The molecule has 174 valence electrons. The number of benzene rings is 3. The Bertz CT molecular complexity index is 1190. The molecule has 0 saturated carbocycles. The number of imide groups is 1. The number of hydrogen-bond acceptors (Lipinski definition) is 5. The number of hydrogen-bond donors (Lipinski definition) is 1. The van der Waals surface area contributed by atoms with E-state index in [0.717, 1.165) is 17.7 Å². The van der Waals surface area contributed by atoms with Crippen molar-refractivity contribution in [1.82, 2.24) is 4.90 Å². The van der Waals surface area contributed by atoms with E-state index in [0.29, 0.717) is 42.1 Å². The van der Waals surface area contributed by atoms with Gasteiger partial charge in [0, 0.05) is 6.54 Å². The molecule has 1 aliphatic heterocycles. The zero-order valence-corrected chi connectivity index (χ0v) is 19.4. The lowest BCUT2D eigenvalue weighted by Crippen LogP contribution is -2.34. The minimum absolute atomic E-state index is 0.241. The van der Waals surface area contributed by atoms with Crippen LogP contribution in [0.25, 0.3) is 5.57 Å². The molecule has 6 nitrogen and oxygen atoms in total. The average molecular weight is 457 g/mol. The molecule has 3 aromatic rings. The fraction of sp³-hybridized carbons (Fsp3) is 0.214. The van der Waals surface area contributed by atoms with E-state index in [4.69, 9.17) is 9.47 Å². The van der Waals surface area contributed by atoms with E-state index in [-0.39, 0.29) is 17.5 Å². The van der Waals surface area contributed by atoms with E-state index in [2.05, 4.69) is 5.32 Å².